The fraction of sp³-hybridized carbons (Fsp3) is 0.188. The topological polar surface area (TPSA) is 56.3 Å². The zero-order chi connectivity index (χ0) is 16.8. The lowest BCUT2D eigenvalue weighted by molar-refractivity contribution is -0.137. The van der Waals surface area contributed by atoms with Crippen molar-refractivity contribution in [3.63, 3.8) is 0 Å². The molecule has 0 aliphatic heterocycles. The monoisotopic (exact) mass is 369 g/mol. The lowest BCUT2D eigenvalue weighted by Crippen LogP contribution is -2.15. The Kier molecular flexibility index (Phi) is 6.33. The molecule has 2 aromatic rings. The number of hydrogen-bond donors (Lipinski definition) is 0. The number of hydrogen-bond acceptors (Lipinski definition) is 5. The number of carbonyl (C=O) groups excluding carboxylic acids is 2. The molecular formula is C16H13Cl2NO3S. The van der Waals surface area contributed by atoms with Gasteiger partial charge in [-0.3, -0.25) is 4.79 Å². The predicted molar refractivity (Wildman–Crippen MR) is 91.9 cm³/mol. The molecule has 0 saturated carbocycles. The number of rotatable bonds is 6. The first kappa shape index (κ1) is 17.7. The van der Waals surface area contributed by atoms with Crippen LogP contribution < -0.4 is 0 Å². The number of aromatic nitrogens is 1. The molecule has 0 bridgehead atoms. The second kappa shape index (κ2) is 8.24. The average molecular weight is 370 g/mol. The van der Waals surface area contributed by atoms with Gasteiger partial charge in [0.1, 0.15) is 5.57 Å². The highest BCUT2D eigenvalue weighted by Gasteiger charge is 2.20. The second-order valence-corrected chi connectivity index (χ2v) is 6.33. The summed E-state index contributed by atoms with van der Waals surface area (Å²) in [4.78, 5) is 28.4. The van der Waals surface area contributed by atoms with Gasteiger partial charge in [0.2, 0.25) is 0 Å². The SMILES string of the molecule is COC(=O)/C(=C/c1c(Cl)cccc1Cl)C(=O)CCc1nccs1. The summed E-state index contributed by atoms with van der Waals surface area (Å²) in [6.45, 7) is 0. The molecule has 0 amide bonds. The first-order valence-electron chi connectivity index (χ1n) is 6.68. The van der Waals surface area contributed by atoms with E-state index in [2.05, 4.69) is 4.98 Å². The molecule has 0 saturated heterocycles. The van der Waals surface area contributed by atoms with Crippen LogP contribution in [0.25, 0.3) is 6.08 Å². The molecule has 23 heavy (non-hydrogen) atoms. The summed E-state index contributed by atoms with van der Waals surface area (Å²) < 4.78 is 4.70. The molecule has 1 heterocycles. The summed E-state index contributed by atoms with van der Waals surface area (Å²) in [5, 5.41) is 3.37. The lowest BCUT2D eigenvalue weighted by Gasteiger charge is -2.07. The fourth-order valence-corrected chi connectivity index (χ4v) is 3.01. The Morgan fingerprint density at radius 2 is 2.00 bits per heavy atom. The molecule has 1 aromatic heterocycles. The summed E-state index contributed by atoms with van der Waals surface area (Å²) in [5.41, 5.74) is 0.331. The Labute approximate surface area is 147 Å². The molecule has 0 atom stereocenters. The number of methoxy groups -OCH3 is 1. The molecule has 0 radical (unpaired) electrons. The summed E-state index contributed by atoms with van der Waals surface area (Å²) in [5.74, 6) is -1.06. The molecule has 0 N–H and O–H groups in total. The van der Waals surface area contributed by atoms with Crippen molar-refractivity contribution in [3.05, 3.63) is 56.0 Å². The van der Waals surface area contributed by atoms with Crippen LogP contribution in [0.3, 0.4) is 0 Å². The molecule has 4 nitrogen and oxygen atoms in total. The van der Waals surface area contributed by atoms with Crippen LogP contribution in [0.15, 0.2) is 35.3 Å². The van der Waals surface area contributed by atoms with Gasteiger partial charge in [0.25, 0.3) is 0 Å². The number of halogens is 2. The van der Waals surface area contributed by atoms with E-state index >= 15 is 0 Å². The van der Waals surface area contributed by atoms with Gasteiger partial charge in [0.15, 0.2) is 5.78 Å². The third-order valence-electron chi connectivity index (χ3n) is 3.04. The van der Waals surface area contributed by atoms with Crippen LogP contribution in [-0.2, 0) is 20.7 Å². The average Bonchev–Trinajstić information content (AvgIpc) is 3.05. The van der Waals surface area contributed by atoms with Crippen molar-refractivity contribution in [1.82, 2.24) is 4.98 Å². The predicted octanol–water partition coefficient (Wildman–Crippen LogP) is 4.21. The van der Waals surface area contributed by atoms with Crippen LogP contribution in [0.1, 0.15) is 17.0 Å². The van der Waals surface area contributed by atoms with Gasteiger partial charge in [-0.2, -0.15) is 0 Å². The number of esters is 1. The van der Waals surface area contributed by atoms with E-state index in [0.29, 0.717) is 22.0 Å². The zero-order valence-corrected chi connectivity index (χ0v) is 14.5. The van der Waals surface area contributed by atoms with Gasteiger partial charge < -0.3 is 4.74 Å². The van der Waals surface area contributed by atoms with E-state index in [0.717, 1.165) is 5.01 Å². The minimum Gasteiger partial charge on any atom is -0.465 e. The number of ketones is 1. The summed E-state index contributed by atoms with van der Waals surface area (Å²) in [7, 11) is 1.22. The van der Waals surface area contributed by atoms with Gasteiger partial charge in [0, 0.05) is 40.0 Å². The normalized spacial score (nSPS) is 11.3. The quantitative estimate of drug-likeness (QED) is 0.331. The van der Waals surface area contributed by atoms with E-state index in [9.17, 15) is 9.59 Å². The van der Waals surface area contributed by atoms with Crippen LogP contribution in [-0.4, -0.2) is 23.8 Å². The molecule has 0 unspecified atom stereocenters. The van der Waals surface area contributed by atoms with Gasteiger partial charge in [-0.25, -0.2) is 9.78 Å². The second-order valence-electron chi connectivity index (χ2n) is 4.53. The Bertz CT molecular complexity index is 722. The molecule has 0 aliphatic rings. The number of ether oxygens (including phenoxy) is 1. The maximum absolute atomic E-state index is 12.4. The van der Waals surface area contributed by atoms with E-state index in [1.165, 1.54) is 24.5 Å². The van der Waals surface area contributed by atoms with E-state index in [-0.39, 0.29) is 17.8 Å². The van der Waals surface area contributed by atoms with Crippen molar-refractivity contribution in [2.24, 2.45) is 0 Å². The van der Waals surface area contributed by atoms with Gasteiger partial charge in [-0.05, 0) is 18.2 Å². The largest absolute Gasteiger partial charge is 0.465 e. The molecule has 120 valence electrons. The zero-order valence-electron chi connectivity index (χ0n) is 12.2. The highest BCUT2D eigenvalue weighted by molar-refractivity contribution is 7.09. The number of benzene rings is 1. The first-order chi connectivity index (χ1) is 11.0. The number of thiazole rings is 1. The fourth-order valence-electron chi connectivity index (χ4n) is 1.89. The summed E-state index contributed by atoms with van der Waals surface area (Å²) in [6, 6.07) is 4.95. The lowest BCUT2D eigenvalue weighted by atomic mass is 10.0. The van der Waals surface area contributed by atoms with Crippen LogP contribution in [0.4, 0.5) is 0 Å². The van der Waals surface area contributed by atoms with Crippen molar-refractivity contribution >= 4 is 52.4 Å². The van der Waals surface area contributed by atoms with Gasteiger partial charge in [0.05, 0.1) is 12.1 Å². The summed E-state index contributed by atoms with van der Waals surface area (Å²) in [6.07, 6.45) is 3.66. The summed E-state index contributed by atoms with van der Waals surface area (Å²) >= 11 is 13.6. The maximum atomic E-state index is 12.4. The van der Waals surface area contributed by atoms with Crippen molar-refractivity contribution in [2.75, 3.05) is 7.11 Å². The standard InChI is InChI=1S/C16H13Cl2NO3S/c1-22-16(21)11(9-10-12(17)3-2-4-13(10)18)14(20)5-6-15-19-7-8-23-15/h2-4,7-9H,5-6H2,1H3/b11-9+. The van der Waals surface area contributed by atoms with Gasteiger partial charge >= 0.3 is 5.97 Å². The number of aryl methyl sites for hydroxylation is 1. The van der Waals surface area contributed by atoms with Crippen molar-refractivity contribution < 1.29 is 14.3 Å². The third-order valence-corrected chi connectivity index (χ3v) is 4.54. The van der Waals surface area contributed by atoms with Gasteiger partial charge in [-0.1, -0.05) is 29.3 Å². The Morgan fingerprint density at radius 1 is 1.30 bits per heavy atom. The maximum Gasteiger partial charge on any atom is 0.341 e. The van der Waals surface area contributed by atoms with Gasteiger partial charge in [-0.15, -0.1) is 11.3 Å². The Balaban J connectivity index is 2.27. The minimum atomic E-state index is -0.717. The number of carbonyl (C=O) groups is 2. The van der Waals surface area contributed by atoms with Crippen LogP contribution in [0, 0.1) is 0 Å². The van der Waals surface area contributed by atoms with E-state index in [4.69, 9.17) is 27.9 Å². The minimum absolute atomic E-state index is 0.0842. The third kappa shape index (κ3) is 4.64. The molecule has 0 spiro atoms. The van der Waals surface area contributed by atoms with Crippen molar-refractivity contribution in [1.29, 1.82) is 0 Å². The number of nitrogens with zero attached hydrogens (tertiary/aromatic N) is 1. The highest BCUT2D eigenvalue weighted by Crippen LogP contribution is 2.27. The molecule has 0 aliphatic carbocycles. The molecule has 2 rings (SSSR count). The first-order valence-corrected chi connectivity index (χ1v) is 8.32. The number of Topliss-reactive ketones (excluding diaryl/α,β-unsaturated/α-hetero) is 1. The van der Waals surface area contributed by atoms with Crippen molar-refractivity contribution in [2.45, 2.75) is 12.8 Å². The smallest absolute Gasteiger partial charge is 0.341 e. The van der Waals surface area contributed by atoms with E-state index < -0.39 is 5.97 Å². The molecule has 0 fully saturated rings. The van der Waals surface area contributed by atoms with E-state index in [1.807, 2.05) is 5.38 Å². The van der Waals surface area contributed by atoms with Crippen molar-refractivity contribution in [3.8, 4) is 0 Å². The Morgan fingerprint density at radius 3 is 2.57 bits per heavy atom. The van der Waals surface area contributed by atoms with Crippen LogP contribution >= 0.6 is 34.5 Å². The Hall–Kier alpha value is -1.69. The molecular weight excluding hydrogens is 357 g/mol. The van der Waals surface area contributed by atoms with E-state index in [1.54, 1.807) is 24.4 Å². The highest BCUT2D eigenvalue weighted by atomic mass is 35.5. The molecule has 1 aromatic carbocycles. The van der Waals surface area contributed by atoms with Crippen LogP contribution in [0.5, 0.6) is 0 Å². The molecule has 7 heteroatoms. The van der Waals surface area contributed by atoms with Crippen LogP contribution in [0.2, 0.25) is 10.0 Å².